The van der Waals surface area contributed by atoms with E-state index in [4.69, 9.17) is 4.74 Å². The van der Waals surface area contributed by atoms with Crippen molar-refractivity contribution in [3.63, 3.8) is 0 Å². The zero-order valence-electron chi connectivity index (χ0n) is 10.6. The highest BCUT2D eigenvalue weighted by Crippen LogP contribution is 2.23. The fourth-order valence-corrected chi connectivity index (χ4v) is 1.47. The predicted molar refractivity (Wildman–Crippen MR) is 63.9 cm³/mol. The standard InChI is InChI=1S/C13H18O4/c1-8-7-11(9(2)14)5-6-12(8)17-10(3)13(15)16-4/h5-7,9-10,14H,1-4H3/t9-,10?/m1/s1. The van der Waals surface area contributed by atoms with Crippen LogP contribution >= 0.6 is 0 Å². The third kappa shape index (κ3) is 3.46. The summed E-state index contributed by atoms with van der Waals surface area (Å²) in [5.41, 5.74) is 1.69. The summed E-state index contributed by atoms with van der Waals surface area (Å²) < 4.78 is 10.1. The number of aryl methyl sites for hydroxylation is 1. The number of rotatable bonds is 4. The van der Waals surface area contributed by atoms with Crippen LogP contribution in [0.5, 0.6) is 5.75 Å². The molecule has 0 spiro atoms. The average molecular weight is 238 g/mol. The van der Waals surface area contributed by atoms with Crippen LogP contribution in [0.25, 0.3) is 0 Å². The molecule has 4 nitrogen and oxygen atoms in total. The number of aliphatic hydroxyl groups excluding tert-OH is 1. The third-order valence-electron chi connectivity index (χ3n) is 2.52. The van der Waals surface area contributed by atoms with Crippen molar-refractivity contribution < 1.29 is 19.4 Å². The van der Waals surface area contributed by atoms with Crippen molar-refractivity contribution in [1.82, 2.24) is 0 Å². The van der Waals surface area contributed by atoms with E-state index in [2.05, 4.69) is 4.74 Å². The third-order valence-corrected chi connectivity index (χ3v) is 2.52. The molecule has 2 atom stereocenters. The van der Waals surface area contributed by atoms with Crippen molar-refractivity contribution in [3.8, 4) is 5.75 Å². The van der Waals surface area contributed by atoms with Gasteiger partial charge in [-0.1, -0.05) is 6.07 Å². The minimum Gasteiger partial charge on any atom is -0.479 e. The van der Waals surface area contributed by atoms with Gasteiger partial charge in [0.25, 0.3) is 0 Å². The Morgan fingerprint density at radius 3 is 2.47 bits per heavy atom. The second-order valence-corrected chi connectivity index (χ2v) is 3.98. The van der Waals surface area contributed by atoms with Crippen molar-refractivity contribution >= 4 is 5.97 Å². The minimum absolute atomic E-state index is 0.413. The van der Waals surface area contributed by atoms with Crippen molar-refractivity contribution in [2.45, 2.75) is 33.0 Å². The highest BCUT2D eigenvalue weighted by molar-refractivity contribution is 5.74. The molecule has 0 saturated carbocycles. The number of esters is 1. The maximum absolute atomic E-state index is 11.2. The van der Waals surface area contributed by atoms with Gasteiger partial charge in [0.2, 0.25) is 0 Å². The van der Waals surface area contributed by atoms with Crippen LogP contribution in [-0.4, -0.2) is 24.3 Å². The molecular weight excluding hydrogens is 220 g/mol. The van der Waals surface area contributed by atoms with E-state index in [1.807, 2.05) is 13.0 Å². The van der Waals surface area contributed by atoms with Crippen LogP contribution in [0.4, 0.5) is 0 Å². The molecule has 0 aromatic heterocycles. The zero-order chi connectivity index (χ0) is 13.0. The molecule has 1 aromatic carbocycles. The molecule has 1 unspecified atom stereocenters. The van der Waals surface area contributed by atoms with E-state index in [1.165, 1.54) is 7.11 Å². The van der Waals surface area contributed by atoms with Gasteiger partial charge in [-0.15, -0.1) is 0 Å². The topological polar surface area (TPSA) is 55.8 Å². The van der Waals surface area contributed by atoms with Gasteiger partial charge in [-0.3, -0.25) is 0 Å². The molecule has 0 saturated heterocycles. The number of carbonyl (C=O) groups excluding carboxylic acids is 1. The molecule has 1 N–H and O–H groups in total. The van der Waals surface area contributed by atoms with Crippen LogP contribution in [0.1, 0.15) is 31.1 Å². The Kier molecular flexibility index (Phi) is 4.52. The van der Waals surface area contributed by atoms with Gasteiger partial charge in [0.1, 0.15) is 5.75 Å². The predicted octanol–water partition coefficient (Wildman–Crippen LogP) is 1.99. The van der Waals surface area contributed by atoms with Crippen molar-refractivity contribution in [2.24, 2.45) is 0 Å². The van der Waals surface area contributed by atoms with E-state index in [0.29, 0.717) is 5.75 Å². The molecule has 0 aliphatic rings. The fraction of sp³-hybridized carbons (Fsp3) is 0.462. The number of benzene rings is 1. The normalized spacial score (nSPS) is 13.9. The molecular formula is C13H18O4. The SMILES string of the molecule is COC(=O)C(C)Oc1ccc([C@@H](C)O)cc1C. The molecule has 0 aliphatic carbocycles. The van der Waals surface area contributed by atoms with Gasteiger partial charge in [0, 0.05) is 0 Å². The summed E-state index contributed by atoms with van der Waals surface area (Å²) in [5, 5.41) is 9.43. The zero-order valence-corrected chi connectivity index (χ0v) is 10.6. The Bertz CT molecular complexity index is 398. The molecule has 1 aromatic rings. The van der Waals surface area contributed by atoms with Crippen LogP contribution in [0.3, 0.4) is 0 Å². The summed E-state index contributed by atoms with van der Waals surface area (Å²) in [6.07, 6.45) is -1.16. The molecule has 17 heavy (non-hydrogen) atoms. The summed E-state index contributed by atoms with van der Waals surface area (Å²) >= 11 is 0. The molecule has 0 bridgehead atoms. The summed E-state index contributed by atoms with van der Waals surface area (Å²) in [6, 6.07) is 5.36. The number of hydrogen-bond donors (Lipinski definition) is 1. The fourth-order valence-electron chi connectivity index (χ4n) is 1.47. The monoisotopic (exact) mass is 238 g/mol. The van der Waals surface area contributed by atoms with E-state index in [1.54, 1.807) is 26.0 Å². The molecule has 0 aliphatic heterocycles. The lowest BCUT2D eigenvalue weighted by atomic mass is 10.1. The Morgan fingerprint density at radius 1 is 1.35 bits per heavy atom. The second-order valence-electron chi connectivity index (χ2n) is 3.98. The minimum atomic E-state index is -0.643. The van der Waals surface area contributed by atoms with E-state index < -0.39 is 18.2 Å². The number of aliphatic hydroxyl groups is 1. The Labute approximate surface area is 101 Å². The van der Waals surface area contributed by atoms with Crippen LogP contribution < -0.4 is 4.74 Å². The average Bonchev–Trinajstić information content (AvgIpc) is 2.30. The van der Waals surface area contributed by atoms with Gasteiger partial charge in [-0.2, -0.15) is 0 Å². The molecule has 4 heteroatoms. The van der Waals surface area contributed by atoms with Gasteiger partial charge in [-0.25, -0.2) is 4.79 Å². The summed E-state index contributed by atoms with van der Waals surface area (Å²) in [5.74, 6) is 0.205. The number of hydrogen-bond acceptors (Lipinski definition) is 4. The van der Waals surface area contributed by atoms with Gasteiger partial charge in [-0.05, 0) is 44.0 Å². The molecule has 0 heterocycles. The highest BCUT2D eigenvalue weighted by Gasteiger charge is 2.16. The molecule has 0 radical (unpaired) electrons. The molecule has 0 fully saturated rings. The van der Waals surface area contributed by atoms with Gasteiger partial charge in [0.15, 0.2) is 6.10 Å². The van der Waals surface area contributed by atoms with Gasteiger partial charge >= 0.3 is 5.97 Å². The van der Waals surface area contributed by atoms with Crippen LogP contribution in [0, 0.1) is 6.92 Å². The van der Waals surface area contributed by atoms with E-state index in [-0.39, 0.29) is 0 Å². The van der Waals surface area contributed by atoms with Gasteiger partial charge < -0.3 is 14.6 Å². The quantitative estimate of drug-likeness (QED) is 0.815. The van der Waals surface area contributed by atoms with Crippen molar-refractivity contribution in [3.05, 3.63) is 29.3 Å². The van der Waals surface area contributed by atoms with E-state index >= 15 is 0 Å². The number of carbonyl (C=O) groups is 1. The smallest absolute Gasteiger partial charge is 0.346 e. The Hall–Kier alpha value is -1.55. The number of ether oxygens (including phenoxy) is 2. The first kappa shape index (κ1) is 13.5. The highest BCUT2D eigenvalue weighted by atomic mass is 16.6. The summed E-state index contributed by atoms with van der Waals surface area (Å²) in [7, 11) is 1.32. The Morgan fingerprint density at radius 2 is 2.00 bits per heavy atom. The lowest BCUT2D eigenvalue weighted by Gasteiger charge is -2.15. The lowest BCUT2D eigenvalue weighted by Crippen LogP contribution is -2.25. The Balaban J connectivity index is 2.83. The van der Waals surface area contributed by atoms with E-state index in [9.17, 15) is 9.90 Å². The van der Waals surface area contributed by atoms with Crippen LogP contribution in [0.2, 0.25) is 0 Å². The molecule has 94 valence electrons. The first-order valence-electron chi connectivity index (χ1n) is 5.48. The van der Waals surface area contributed by atoms with Gasteiger partial charge in [0.05, 0.1) is 13.2 Å². The summed E-state index contributed by atoms with van der Waals surface area (Å²) in [6.45, 7) is 5.20. The largest absolute Gasteiger partial charge is 0.479 e. The second kappa shape index (κ2) is 5.68. The summed E-state index contributed by atoms with van der Waals surface area (Å²) in [4.78, 5) is 11.2. The first-order valence-corrected chi connectivity index (χ1v) is 5.48. The maximum Gasteiger partial charge on any atom is 0.346 e. The molecule has 0 amide bonds. The lowest BCUT2D eigenvalue weighted by molar-refractivity contribution is -0.147. The maximum atomic E-state index is 11.2. The molecule has 1 rings (SSSR count). The van der Waals surface area contributed by atoms with Crippen LogP contribution in [0.15, 0.2) is 18.2 Å². The van der Waals surface area contributed by atoms with Crippen LogP contribution in [-0.2, 0) is 9.53 Å². The first-order chi connectivity index (χ1) is 7.95. The van der Waals surface area contributed by atoms with E-state index in [0.717, 1.165) is 11.1 Å². The van der Waals surface area contributed by atoms with Crippen molar-refractivity contribution in [2.75, 3.05) is 7.11 Å². The van der Waals surface area contributed by atoms with Crippen molar-refractivity contribution in [1.29, 1.82) is 0 Å². The number of methoxy groups -OCH3 is 1.